The van der Waals surface area contributed by atoms with E-state index >= 15 is 0 Å². The van der Waals surface area contributed by atoms with E-state index in [-0.39, 0.29) is 30.1 Å². The summed E-state index contributed by atoms with van der Waals surface area (Å²) < 4.78 is 11.2. The fourth-order valence-corrected chi connectivity index (χ4v) is 3.52. The molecule has 2 atom stereocenters. The number of para-hydroxylation sites is 1. The predicted octanol–water partition coefficient (Wildman–Crippen LogP) is 3.77. The zero-order chi connectivity index (χ0) is 20.5. The second-order valence-corrected chi connectivity index (χ2v) is 7.38. The number of aliphatic imine (C=N–C) groups is 1. The number of nitrogens with zero attached hydrogens (tertiary/aromatic N) is 2. The number of rotatable bonds is 8. The van der Waals surface area contributed by atoms with E-state index in [9.17, 15) is 0 Å². The number of nitrogens with one attached hydrogen (secondary N) is 2. The van der Waals surface area contributed by atoms with Crippen molar-refractivity contribution in [3.63, 3.8) is 0 Å². The predicted molar refractivity (Wildman–Crippen MR) is 135 cm³/mol. The smallest absolute Gasteiger partial charge is 0.191 e. The van der Waals surface area contributed by atoms with Crippen molar-refractivity contribution < 1.29 is 9.47 Å². The largest absolute Gasteiger partial charge is 0.497 e. The highest BCUT2D eigenvalue weighted by molar-refractivity contribution is 14.0. The molecule has 3 rings (SSSR count). The summed E-state index contributed by atoms with van der Waals surface area (Å²) >= 11 is 0. The highest BCUT2D eigenvalue weighted by Gasteiger charge is 2.22. The first-order valence-corrected chi connectivity index (χ1v) is 10.2. The molecule has 1 aliphatic rings. The maximum atomic E-state index is 5.96. The molecule has 1 heterocycles. The standard InChI is InChI=1S/C23H32N4O2.HI/c1-18(29-22-11-7-10-21(14-22)28-3)15-25-23(24-2)26-16-19-12-13-27(17-19)20-8-5-4-6-9-20;/h4-11,14,18-19H,12-13,15-17H2,1-3H3,(H2,24,25,26);1H. The van der Waals surface area contributed by atoms with Gasteiger partial charge in [-0.3, -0.25) is 4.99 Å². The Kier molecular flexibility index (Phi) is 10.1. The number of ether oxygens (including phenoxy) is 2. The summed E-state index contributed by atoms with van der Waals surface area (Å²) in [5.74, 6) is 3.01. The van der Waals surface area contributed by atoms with Gasteiger partial charge in [0, 0.05) is 38.4 Å². The van der Waals surface area contributed by atoms with Crippen molar-refractivity contribution in [1.29, 1.82) is 0 Å². The molecule has 2 N–H and O–H groups in total. The molecule has 1 saturated heterocycles. The van der Waals surface area contributed by atoms with Crippen molar-refractivity contribution in [2.75, 3.05) is 45.2 Å². The van der Waals surface area contributed by atoms with Crippen LogP contribution in [0.25, 0.3) is 0 Å². The number of halogens is 1. The van der Waals surface area contributed by atoms with Gasteiger partial charge < -0.3 is 25.0 Å². The van der Waals surface area contributed by atoms with Crippen molar-refractivity contribution in [2.45, 2.75) is 19.4 Å². The molecular formula is C23H33IN4O2. The zero-order valence-corrected chi connectivity index (χ0v) is 20.3. The Labute approximate surface area is 197 Å². The minimum absolute atomic E-state index is 0. The minimum atomic E-state index is 0. The van der Waals surface area contributed by atoms with Crippen LogP contribution >= 0.6 is 24.0 Å². The normalized spacial score (nSPS) is 17.1. The van der Waals surface area contributed by atoms with Crippen LogP contribution in [0.4, 0.5) is 5.69 Å². The molecule has 0 aliphatic carbocycles. The first kappa shape index (κ1) is 24.1. The number of methoxy groups -OCH3 is 1. The Morgan fingerprint density at radius 3 is 2.63 bits per heavy atom. The average molecular weight is 524 g/mol. The lowest BCUT2D eigenvalue weighted by molar-refractivity contribution is 0.223. The van der Waals surface area contributed by atoms with E-state index in [1.165, 1.54) is 12.1 Å². The topological polar surface area (TPSA) is 58.1 Å². The molecule has 2 aromatic carbocycles. The number of hydrogen-bond acceptors (Lipinski definition) is 4. The van der Waals surface area contributed by atoms with Crippen LogP contribution in [0.5, 0.6) is 11.5 Å². The summed E-state index contributed by atoms with van der Waals surface area (Å²) in [5.41, 5.74) is 1.31. The summed E-state index contributed by atoms with van der Waals surface area (Å²) in [6.07, 6.45) is 1.19. The lowest BCUT2D eigenvalue weighted by atomic mass is 10.1. The van der Waals surface area contributed by atoms with Gasteiger partial charge in [-0.1, -0.05) is 24.3 Å². The molecule has 6 nitrogen and oxygen atoms in total. The Balaban J connectivity index is 0.00000320. The van der Waals surface area contributed by atoms with E-state index in [4.69, 9.17) is 9.47 Å². The fourth-order valence-electron chi connectivity index (χ4n) is 3.52. The first-order valence-electron chi connectivity index (χ1n) is 10.2. The number of guanidine groups is 1. The van der Waals surface area contributed by atoms with Crippen molar-refractivity contribution in [1.82, 2.24) is 10.6 Å². The monoisotopic (exact) mass is 524 g/mol. The molecular weight excluding hydrogens is 491 g/mol. The van der Waals surface area contributed by atoms with E-state index in [2.05, 4.69) is 50.9 Å². The SMILES string of the molecule is CN=C(NCC1CCN(c2ccccc2)C1)NCC(C)Oc1cccc(OC)c1.I. The third kappa shape index (κ3) is 7.27. The van der Waals surface area contributed by atoms with Crippen LogP contribution in [-0.2, 0) is 0 Å². The highest BCUT2D eigenvalue weighted by Crippen LogP contribution is 2.23. The van der Waals surface area contributed by atoms with Crippen molar-refractivity contribution in [2.24, 2.45) is 10.9 Å². The van der Waals surface area contributed by atoms with Gasteiger partial charge in [-0.2, -0.15) is 0 Å². The van der Waals surface area contributed by atoms with Gasteiger partial charge in [0.05, 0.1) is 13.7 Å². The third-order valence-corrected chi connectivity index (χ3v) is 5.12. The molecule has 0 saturated carbocycles. The molecule has 1 fully saturated rings. The lowest BCUT2D eigenvalue weighted by Gasteiger charge is -2.20. The highest BCUT2D eigenvalue weighted by atomic mass is 127. The third-order valence-electron chi connectivity index (χ3n) is 5.12. The maximum Gasteiger partial charge on any atom is 0.191 e. The quantitative estimate of drug-likeness (QED) is 0.313. The van der Waals surface area contributed by atoms with Crippen LogP contribution in [0, 0.1) is 5.92 Å². The summed E-state index contributed by atoms with van der Waals surface area (Å²) in [7, 11) is 3.46. The Morgan fingerprint density at radius 1 is 1.13 bits per heavy atom. The summed E-state index contributed by atoms with van der Waals surface area (Å²) in [5, 5.41) is 6.81. The second kappa shape index (κ2) is 12.5. The van der Waals surface area contributed by atoms with Crippen LogP contribution in [0.15, 0.2) is 59.6 Å². The van der Waals surface area contributed by atoms with Crippen molar-refractivity contribution in [3.05, 3.63) is 54.6 Å². The van der Waals surface area contributed by atoms with Gasteiger partial charge >= 0.3 is 0 Å². The number of benzene rings is 2. The minimum Gasteiger partial charge on any atom is -0.497 e. The number of anilines is 1. The Morgan fingerprint density at radius 2 is 1.90 bits per heavy atom. The Bertz CT molecular complexity index is 788. The molecule has 2 unspecified atom stereocenters. The molecule has 0 radical (unpaired) electrons. The van der Waals surface area contributed by atoms with Crippen LogP contribution in [0.3, 0.4) is 0 Å². The van der Waals surface area contributed by atoms with Crippen LogP contribution < -0.4 is 25.0 Å². The van der Waals surface area contributed by atoms with E-state index in [0.717, 1.165) is 37.1 Å². The van der Waals surface area contributed by atoms with Crippen LogP contribution in [0.2, 0.25) is 0 Å². The van der Waals surface area contributed by atoms with Crippen molar-refractivity contribution in [3.8, 4) is 11.5 Å². The molecule has 164 valence electrons. The molecule has 0 bridgehead atoms. The molecule has 0 amide bonds. The maximum absolute atomic E-state index is 5.96. The lowest BCUT2D eigenvalue weighted by Crippen LogP contribution is -2.43. The van der Waals surface area contributed by atoms with Gasteiger partial charge in [0.15, 0.2) is 5.96 Å². The van der Waals surface area contributed by atoms with Gasteiger partial charge in [0.1, 0.15) is 17.6 Å². The van der Waals surface area contributed by atoms with Gasteiger partial charge in [-0.15, -0.1) is 24.0 Å². The molecule has 2 aromatic rings. The zero-order valence-electron chi connectivity index (χ0n) is 18.0. The average Bonchev–Trinajstić information content (AvgIpc) is 3.24. The van der Waals surface area contributed by atoms with Crippen molar-refractivity contribution >= 4 is 35.6 Å². The second-order valence-electron chi connectivity index (χ2n) is 7.38. The van der Waals surface area contributed by atoms with Crippen LogP contribution in [0.1, 0.15) is 13.3 Å². The van der Waals surface area contributed by atoms with Gasteiger partial charge in [-0.25, -0.2) is 0 Å². The molecule has 7 heteroatoms. The van der Waals surface area contributed by atoms with E-state index < -0.39 is 0 Å². The summed E-state index contributed by atoms with van der Waals surface area (Å²) in [6.45, 7) is 5.79. The molecule has 0 aromatic heterocycles. The first-order chi connectivity index (χ1) is 14.2. The summed E-state index contributed by atoms with van der Waals surface area (Å²) in [6, 6.07) is 18.3. The van der Waals surface area contributed by atoms with E-state index in [1.807, 2.05) is 31.2 Å². The van der Waals surface area contributed by atoms with Gasteiger partial charge in [-0.05, 0) is 43.5 Å². The Hall–Kier alpha value is -2.16. The molecule has 30 heavy (non-hydrogen) atoms. The van der Waals surface area contributed by atoms with E-state index in [0.29, 0.717) is 12.5 Å². The fraction of sp³-hybridized carbons (Fsp3) is 0.435. The van der Waals surface area contributed by atoms with E-state index in [1.54, 1.807) is 14.2 Å². The molecule has 0 spiro atoms. The summed E-state index contributed by atoms with van der Waals surface area (Å²) in [4.78, 5) is 6.79. The number of hydrogen-bond donors (Lipinski definition) is 2. The van der Waals surface area contributed by atoms with Crippen LogP contribution in [-0.4, -0.2) is 52.4 Å². The van der Waals surface area contributed by atoms with Gasteiger partial charge in [0.2, 0.25) is 0 Å². The van der Waals surface area contributed by atoms with Gasteiger partial charge in [0.25, 0.3) is 0 Å². The molecule has 1 aliphatic heterocycles.